The molecule has 0 aliphatic rings. The van der Waals surface area contributed by atoms with Crippen LogP contribution in [0.25, 0.3) is 0 Å². The van der Waals surface area contributed by atoms with E-state index in [2.05, 4.69) is 4.98 Å². The largest absolute Gasteiger partial charge is 0.388 e. The maximum absolute atomic E-state index is 10.1. The van der Waals surface area contributed by atoms with E-state index in [9.17, 15) is 5.11 Å². The molecule has 0 saturated heterocycles. The molecule has 2 aromatic rings. The van der Waals surface area contributed by atoms with E-state index in [0.29, 0.717) is 5.75 Å². The van der Waals surface area contributed by atoms with Crippen molar-refractivity contribution < 1.29 is 5.11 Å². The highest BCUT2D eigenvalue weighted by atomic mass is 32.2. The lowest BCUT2D eigenvalue weighted by molar-refractivity contribution is 0.203. The van der Waals surface area contributed by atoms with Gasteiger partial charge in [0.05, 0.1) is 6.10 Å². The summed E-state index contributed by atoms with van der Waals surface area (Å²) in [7, 11) is 1.95. The molecule has 1 N–H and O–H groups in total. The molecule has 0 unspecified atom stereocenters. The number of aliphatic hydroxyl groups is 1. The van der Waals surface area contributed by atoms with E-state index >= 15 is 0 Å². The highest BCUT2D eigenvalue weighted by molar-refractivity contribution is 7.99. The van der Waals surface area contributed by atoms with Crippen LogP contribution in [-0.4, -0.2) is 20.4 Å². The Hall–Kier alpha value is -1.26. The summed E-state index contributed by atoms with van der Waals surface area (Å²) < 4.78 is 1.95. The van der Waals surface area contributed by atoms with Crippen molar-refractivity contribution in [2.45, 2.75) is 18.2 Å². The Morgan fingerprint density at radius 1 is 1.41 bits per heavy atom. The third-order valence-electron chi connectivity index (χ3n) is 2.69. The van der Waals surface area contributed by atoms with Gasteiger partial charge in [0.1, 0.15) is 0 Å². The maximum Gasteiger partial charge on any atom is 0.167 e. The fourth-order valence-electron chi connectivity index (χ4n) is 1.69. The minimum absolute atomic E-state index is 0.446. The first-order valence-corrected chi connectivity index (χ1v) is 6.51. The number of rotatable bonds is 4. The van der Waals surface area contributed by atoms with E-state index in [-0.39, 0.29) is 0 Å². The van der Waals surface area contributed by atoms with E-state index in [1.807, 2.05) is 49.0 Å². The predicted molar refractivity (Wildman–Crippen MR) is 70.1 cm³/mol. The molecule has 90 valence electrons. The Kier molecular flexibility index (Phi) is 3.86. The fraction of sp³-hybridized carbons (Fsp3) is 0.308. The van der Waals surface area contributed by atoms with Gasteiger partial charge in [-0.05, 0) is 18.1 Å². The second-order valence-electron chi connectivity index (χ2n) is 4.00. The summed E-state index contributed by atoms with van der Waals surface area (Å²) in [5.41, 5.74) is 2.12. The van der Waals surface area contributed by atoms with Gasteiger partial charge in [0.25, 0.3) is 0 Å². The Bertz CT molecular complexity index is 496. The summed E-state index contributed by atoms with van der Waals surface area (Å²) in [4.78, 5) is 4.22. The van der Waals surface area contributed by atoms with Crippen molar-refractivity contribution >= 4 is 11.8 Å². The number of aryl methyl sites for hydroxylation is 2. The Morgan fingerprint density at radius 2 is 2.18 bits per heavy atom. The lowest BCUT2D eigenvalue weighted by Gasteiger charge is -2.12. The van der Waals surface area contributed by atoms with Crippen LogP contribution in [0.4, 0.5) is 0 Å². The first kappa shape index (κ1) is 12.2. The first-order chi connectivity index (χ1) is 8.18. The van der Waals surface area contributed by atoms with E-state index < -0.39 is 6.10 Å². The fourth-order valence-corrected chi connectivity index (χ4v) is 2.58. The molecule has 0 aliphatic heterocycles. The topological polar surface area (TPSA) is 38.1 Å². The monoisotopic (exact) mass is 248 g/mol. The number of nitrogens with zero attached hydrogens (tertiary/aromatic N) is 2. The van der Waals surface area contributed by atoms with Crippen LogP contribution >= 0.6 is 11.8 Å². The van der Waals surface area contributed by atoms with Gasteiger partial charge < -0.3 is 9.67 Å². The zero-order chi connectivity index (χ0) is 12.3. The smallest absolute Gasteiger partial charge is 0.167 e. The SMILES string of the molecule is Cc1ccccc1[C@H](O)CSc1nccn1C. The Balaban J connectivity index is 2.01. The third-order valence-corrected chi connectivity index (χ3v) is 3.83. The number of aromatic nitrogens is 2. The van der Waals surface area contributed by atoms with Gasteiger partial charge in [0.15, 0.2) is 5.16 Å². The van der Waals surface area contributed by atoms with Gasteiger partial charge >= 0.3 is 0 Å². The molecule has 0 bridgehead atoms. The lowest BCUT2D eigenvalue weighted by atomic mass is 10.1. The average Bonchev–Trinajstić information content (AvgIpc) is 2.72. The molecule has 4 heteroatoms. The van der Waals surface area contributed by atoms with Gasteiger partial charge in [-0.2, -0.15) is 0 Å². The average molecular weight is 248 g/mol. The molecule has 0 fully saturated rings. The number of hydrogen-bond donors (Lipinski definition) is 1. The number of aliphatic hydroxyl groups excluding tert-OH is 1. The van der Waals surface area contributed by atoms with Crippen molar-refractivity contribution in [2.75, 3.05) is 5.75 Å². The van der Waals surface area contributed by atoms with E-state index in [1.54, 1.807) is 18.0 Å². The second-order valence-corrected chi connectivity index (χ2v) is 4.99. The van der Waals surface area contributed by atoms with Crippen molar-refractivity contribution in [1.82, 2.24) is 9.55 Å². The number of imidazole rings is 1. The molecule has 0 radical (unpaired) electrons. The van der Waals surface area contributed by atoms with Gasteiger partial charge in [0, 0.05) is 25.2 Å². The van der Waals surface area contributed by atoms with Crippen molar-refractivity contribution in [1.29, 1.82) is 0 Å². The van der Waals surface area contributed by atoms with Crippen LogP contribution in [0.2, 0.25) is 0 Å². The molecule has 3 nitrogen and oxygen atoms in total. The number of hydrogen-bond acceptors (Lipinski definition) is 3. The van der Waals surface area contributed by atoms with Gasteiger partial charge in [-0.3, -0.25) is 0 Å². The van der Waals surface area contributed by atoms with Crippen LogP contribution in [0, 0.1) is 6.92 Å². The van der Waals surface area contributed by atoms with E-state index in [4.69, 9.17) is 0 Å². The van der Waals surface area contributed by atoms with Gasteiger partial charge in [-0.25, -0.2) is 4.98 Å². The molecule has 0 aliphatic carbocycles. The van der Waals surface area contributed by atoms with Crippen molar-refractivity contribution in [2.24, 2.45) is 7.05 Å². The van der Waals surface area contributed by atoms with Gasteiger partial charge in [-0.1, -0.05) is 36.0 Å². The lowest BCUT2D eigenvalue weighted by Crippen LogP contribution is -2.03. The van der Waals surface area contributed by atoms with Crippen LogP contribution in [0.3, 0.4) is 0 Å². The minimum atomic E-state index is -0.446. The zero-order valence-electron chi connectivity index (χ0n) is 10.00. The summed E-state index contributed by atoms with van der Waals surface area (Å²) in [5.74, 6) is 0.621. The van der Waals surface area contributed by atoms with E-state index in [1.165, 1.54) is 0 Å². The Labute approximate surface area is 106 Å². The first-order valence-electron chi connectivity index (χ1n) is 5.52. The third kappa shape index (κ3) is 2.90. The van der Waals surface area contributed by atoms with Crippen molar-refractivity contribution in [3.05, 3.63) is 47.8 Å². The predicted octanol–water partition coefficient (Wildman–Crippen LogP) is 2.55. The van der Waals surface area contributed by atoms with Crippen LogP contribution < -0.4 is 0 Å². The zero-order valence-corrected chi connectivity index (χ0v) is 10.8. The molecule has 1 atom stereocenters. The van der Waals surface area contributed by atoms with Gasteiger partial charge in [0.2, 0.25) is 0 Å². The molecule has 1 aromatic carbocycles. The quantitative estimate of drug-likeness (QED) is 0.845. The summed E-state index contributed by atoms with van der Waals surface area (Å²) in [6.07, 6.45) is 3.23. The number of thioether (sulfide) groups is 1. The summed E-state index contributed by atoms with van der Waals surface area (Å²) in [6, 6.07) is 7.93. The molecule has 17 heavy (non-hydrogen) atoms. The Morgan fingerprint density at radius 3 is 2.82 bits per heavy atom. The molecular formula is C13H16N2OS. The molecule has 0 saturated carbocycles. The molecular weight excluding hydrogens is 232 g/mol. The van der Waals surface area contributed by atoms with Crippen molar-refractivity contribution in [3.8, 4) is 0 Å². The van der Waals surface area contributed by atoms with E-state index in [0.717, 1.165) is 16.3 Å². The standard InChI is InChI=1S/C13H16N2OS/c1-10-5-3-4-6-11(10)12(16)9-17-13-14-7-8-15(13)2/h3-8,12,16H,9H2,1-2H3/t12-/m1/s1. The van der Waals surface area contributed by atoms with Crippen LogP contribution in [-0.2, 0) is 7.05 Å². The maximum atomic E-state index is 10.1. The van der Waals surface area contributed by atoms with Gasteiger partial charge in [-0.15, -0.1) is 0 Å². The number of benzene rings is 1. The highest BCUT2D eigenvalue weighted by Gasteiger charge is 2.11. The van der Waals surface area contributed by atoms with Crippen LogP contribution in [0.1, 0.15) is 17.2 Å². The summed E-state index contributed by atoms with van der Waals surface area (Å²) in [5, 5.41) is 11.1. The summed E-state index contributed by atoms with van der Waals surface area (Å²) >= 11 is 1.57. The molecule has 2 rings (SSSR count). The van der Waals surface area contributed by atoms with Crippen LogP contribution in [0.15, 0.2) is 41.8 Å². The molecule has 0 amide bonds. The summed E-state index contributed by atoms with van der Waals surface area (Å²) in [6.45, 7) is 2.02. The highest BCUT2D eigenvalue weighted by Crippen LogP contribution is 2.24. The molecule has 1 heterocycles. The molecule has 1 aromatic heterocycles. The second kappa shape index (κ2) is 5.38. The minimum Gasteiger partial charge on any atom is -0.388 e. The van der Waals surface area contributed by atoms with Crippen LogP contribution in [0.5, 0.6) is 0 Å². The normalized spacial score (nSPS) is 12.6. The van der Waals surface area contributed by atoms with Crippen molar-refractivity contribution in [3.63, 3.8) is 0 Å². The molecule has 0 spiro atoms.